The third-order valence-electron chi connectivity index (χ3n) is 3.59. The van der Waals surface area contributed by atoms with Crippen LogP contribution in [0.4, 0.5) is 4.79 Å². The van der Waals surface area contributed by atoms with Crippen LogP contribution in [0.25, 0.3) is 10.9 Å². The van der Waals surface area contributed by atoms with E-state index in [1.165, 1.54) is 0 Å². The van der Waals surface area contributed by atoms with Crippen LogP contribution in [-0.4, -0.2) is 42.4 Å². The molecule has 4 N–H and O–H groups in total. The monoisotopic (exact) mass is 305 g/mol. The molecule has 2 amide bonds. The summed E-state index contributed by atoms with van der Waals surface area (Å²) in [6, 6.07) is 5.61. The molecule has 1 heterocycles. The lowest BCUT2D eigenvalue weighted by molar-refractivity contribution is 0.231. The molecule has 0 aliphatic heterocycles. The fraction of sp³-hybridized carbons (Fsp3) is 0.438. The zero-order valence-electron chi connectivity index (χ0n) is 13.0. The molecule has 0 aliphatic rings. The zero-order chi connectivity index (χ0) is 15.9. The summed E-state index contributed by atoms with van der Waals surface area (Å²) >= 11 is 0. The van der Waals surface area contributed by atoms with Gasteiger partial charge >= 0.3 is 6.03 Å². The van der Waals surface area contributed by atoms with E-state index in [9.17, 15) is 4.79 Å². The van der Waals surface area contributed by atoms with E-state index in [4.69, 9.17) is 9.84 Å². The number of rotatable bonds is 7. The van der Waals surface area contributed by atoms with E-state index in [1.54, 1.807) is 7.11 Å². The van der Waals surface area contributed by atoms with E-state index < -0.39 is 0 Å². The summed E-state index contributed by atoms with van der Waals surface area (Å²) < 4.78 is 5.39. The molecule has 0 saturated heterocycles. The number of hydrogen-bond donors (Lipinski definition) is 4. The Balaban J connectivity index is 1.91. The molecule has 2 aromatic rings. The number of carbonyl (C=O) groups is 1. The topological polar surface area (TPSA) is 86.4 Å². The van der Waals surface area contributed by atoms with Gasteiger partial charge in [-0.1, -0.05) is 6.07 Å². The number of methoxy groups -OCH3 is 1. The van der Waals surface area contributed by atoms with Crippen LogP contribution in [0.5, 0.6) is 5.75 Å². The number of aromatic nitrogens is 1. The Morgan fingerprint density at radius 1 is 1.45 bits per heavy atom. The van der Waals surface area contributed by atoms with Gasteiger partial charge in [0.1, 0.15) is 5.75 Å². The number of fused-ring (bicyclic) bond motifs is 1. The summed E-state index contributed by atoms with van der Waals surface area (Å²) in [6.07, 6.45) is 3.20. The van der Waals surface area contributed by atoms with Crippen molar-refractivity contribution in [1.82, 2.24) is 15.6 Å². The molecule has 0 fully saturated rings. The summed E-state index contributed by atoms with van der Waals surface area (Å²) in [5.74, 6) is 0.828. The highest BCUT2D eigenvalue weighted by atomic mass is 16.5. The number of ether oxygens (including phenoxy) is 1. The molecule has 0 saturated carbocycles. The van der Waals surface area contributed by atoms with Crippen LogP contribution in [0.3, 0.4) is 0 Å². The van der Waals surface area contributed by atoms with Crippen molar-refractivity contribution < 1.29 is 14.6 Å². The molecule has 120 valence electrons. The van der Waals surface area contributed by atoms with E-state index in [0.717, 1.165) is 22.2 Å². The first kappa shape index (κ1) is 16.2. The van der Waals surface area contributed by atoms with Crippen LogP contribution in [0, 0.1) is 0 Å². The third kappa shape index (κ3) is 3.92. The number of aromatic amines is 1. The van der Waals surface area contributed by atoms with Gasteiger partial charge in [0.15, 0.2) is 0 Å². The van der Waals surface area contributed by atoms with Gasteiger partial charge in [0.05, 0.1) is 7.11 Å². The van der Waals surface area contributed by atoms with Crippen molar-refractivity contribution in [1.29, 1.82) is 0 Å². The van der Waals surface area contributed by atoms with Crippen molar-refractivity contribution in [2.75, 3.05) is 20.3 Å². The van der Waals surface area contributed by atoms with Crippen LogP contribution >= 0.6 is 0 Å². The normalized spacial score (nSPS) is 12.1. The number of benzene rings is 1. The summed E-state index contributed by atoms with van der Waals surface area (Å²) in [5, 5.41) is 15.5. The molecule has 1 unspecified atom stereocenters. The molecule has 0 bridgehead atoms. The number of urea groups is 1. The minimum absolute atomic E-state index is 0.0433. The number of carbonyl (C=O) groups excluding carboxylic acids is 1. The number of aliphatic hydroxyl groups excluding tert-OH is 1. The second kappa shape index (κ2) is 7.70. The molecule has 0 spiro atoms. The molecule has 6 nitrogen and oxygen atoms in total. The van der Waals surface area contributed by atoms with Gasteiger partial charge in [0.25, 0.3) is 0 Å². The first-order valence-electron chi connectivity index (χ1n) is 7.44. The Bertz CT molecular complexity index is 624. The molecular weight excluding hydrogens is 282 g/mol. The third-order valence-corrected chi connectivity index (χ3v) is 3.59. The second-order valence-corrected chi connectivity index (χ2v) is 5.26. The fourth-order valence-corrected chi connectivity index (χ4v) is 2.44. The quantitative estimate of drug-likeness (QED) is 0.629. The summed E-state index contributed by atoms with van der Waals surface area (Å²) in [7, 11) is 1.65. The minimum atomic E-state index is -0.215. The molecular formula is C16H23N3O3. The predicted molar refractivity (Wildman–Crippen MR) is 86.3 cm³/mol. The molecule has 0 aliphatic carbocycles. The van der Waals surface area contributed by atoms with Crippen molar-refractivity contribution in [2.24, 2.45) is 0 Å². The van der Waals surface area contributed by atoms with E-state index in [2.05, 4.69) is 15.6 Å². The van der Waals surface area contributed by atoms with Crippen LogP contribution in [-0.2, 0) is 6.42 Å². The van der Waals surface area contributed by atoms with Crippen molar-refractivity contribution in [2.45, 2.75) is 25.8 Å². The van der Waals surface area contributed by atoms with Crippen molar-refractivity contribution in [3.8, 4) is 5.75 Å². The maximum atomic E-state index is 11.7. The number of H-pyrrole nitrogens is 1. The lowest BCUT2D eigenvalue weighted by Crippen LogP contribution is -2.41. The molecule has 1 aromatic carbocycles. The lowest BCUT2D eigenvalue weighted by Gasteiger charge is -2.13. The number of nitrogens with one attached hydrogen (secondary N) is 3. The van der Waals surface area contributed by atoms with Gasteiger partial charge in [0.2, 0.25) is 0 Å². The number of hydrogen-bond acceptors (Lipinski definition) is 3. The zero-order valence-corrected chi connectivity index (χ0v) is 13.0. The van der Waals surface area contributed by atoms with Gasteiger partial charge in [-0.25, -0.2) is 4.79 Å². The maximum absolute atomic E-state index is 11.7. The Morgan fingerprint density at radius 2 is 2.27 bits per heavy atom. The van der Waals surface area contributed by atoms with E-state index in [-0.39, 0.29) is 18.7 Å². The number of amides is 2. The lowest BCUT2D eigenvalue weighted by atomic mass is 10.1. The van der Waals surface area contributed by atoms with Gasteiger partial charge < -0.3 is 25.5 Å². The van der Waals surface area contributed by atoms with Crippen LogP contribution in [0.15, 0.2) is 24.4 Å². The van der Waals surface area contributed by atoms with Crippen molar-refractivity contribution in [3.63, 3.8) is 0 Å². The molecule has 0 radical (unpaired) electrons. The number of aliphatic hydroxyl groups is 1. The molecule has 6 heteroatoms. The highest BCUT2D eigenvalue weighted by molar-refractivity contribution is 5.89. The second-order valence-electron chi connectivity index (χ2n) is 5.26. The van der Waals surface area contributed by atoms with E-state index in [0.29, 0.717) is 19.4 Å². The Hall–Kier alpha value is -2.21. The maximum Gasteiger partial charge on any atom is 0.315 e. The minimum Gasteiger partial charge on any atom is -0.496 e. The van der Waals surface area contributed by atoms with Crippen molar-refractivity contribution in [3.05, 3.63) is 30.0 Å². The van der Waals surface area contributed by atoms with Gasteiger partial charge in [-0.2, -0.15) is 0 Å². The Kier molecular flexibility index (Phi) is 5.66. The molecule has 1 aromatic heterocycles. The Labute approximate surface area is 129 Å². The summed E-state index contributed by atoms with van der Waals surface area (Å²) in [5.41, 5.74) is 2.13. The average Bonchev–Trinajstić information content (AvgIpc) is 2.91. The van der Waals surface area contributed by atoms with Crippen molar-refractivity contribution >= 4 is 16.9 Å². The summed E-state index contributed by atoms with van der Waals surface area (Å²) in [4.78, 5) is 14.9. The first-order valence-corrected chi connectivity index (χ1v) is 7.44. The van der Waals surface area contributed by atoms with Gasteiger partial charge in [0, 0.05) is 36.3 Å². The largest absolute Gasteiger partial charge is 0.496 e. The average molecular weight is 305 g/mol. The standard InChI is InChI=1S/C16H23N3O3/c1-11(7-9-20)19-16(21)17-8-6-12-10-18-13-4-3-5-14(22-2)15(12)13/h3-5,10-11,18,20H,6-9H2,1-2H3,(H2,17,19,21). The van der Waals surface area contributed by atoms with Gasteiger partial charge in [-0.3, -0.25) is 0 Å². The molecule has 22 heavy (non-hydrogen) atoms. The van der Waals surface area contributed by atoms with E-state index >= 15 is 0 Å². The smallest absolute Gasteiger partial charge is 0.315 e. The van der Waals surface area contributed by atoms with Crippen LogP contribution in [0.1, 0.15) is 18.9 Å². The highest BCUT2D eigenvalue weighted by Gasteiger charge is 2.10. The van der Waals surface area contributed by atoms with Gasteiger partial charge in [-0.05, 0) is 37.5 Å². The van der Waals surface area contributed by atoms with Crippen LogP contribution < -0.4 is 15.4 Å². The summed E-state index contributed by atoms with van der Waals surface area (Å²) in [6.45, 7) is 2.46. The molecule has 1 atom stereocenters. The SMILES string of the molecule is COc1cccc2[nH]cc(CCNC(=O)NC(C)CCO)c12. The fourth-order valence-electron chi connectivity index (χ4n) is 2.44. The van der Waals surface area contributed by atoms with Crippen LogP contribution in [0.2, 0.25) is 0 Å². The Morgan fingerprint density at radius 3 is 3.00 bits per heavy atom. The first-order chi connectivity index (χ1) is 10.7. The van der Waals surface area contributed by atoms with Gasteiger partial charge in [-0.15, -0.1) is 0 Å². The van der Waals surface area contributed by atoms with E-state index in [1.807, 2.05) is 31.3 Å². The molecule has 2 rings (SSSR count). The predicted octanol–water partition coefficient (Wildman–Crippen LogP) is 1.79. The highest BCUT2D eigenvalue weighted by Crippen LogP contribution is 2.28.